The number of anilines is 5. The fourth-order valence-electron chi connectivity index (χ4n) is 7.96. The summed E-state index contributed by atoms with van der Waals surface area (Å²) in [5.41, 5.74) is 15.6. The predicted molar refractivity (Wildman–Crippen MR) is 243 cm³/mol. The number of rotatable bonds is 10. The van der Waals surface area contributed by atoms with Crippen molar-refractivity contribution in [3.05, 3.63) is 248 Å². The maximum atomic E-state index is 2.46. The van der Waals surface area contributed by atoms with Crippen LogP contribution in [0.4, 0.5) is 28.4 Å². The Morgan fingerprint density at radius 1 is 0.421 bits per heavy atom. The number of benzene rings is 7. The third kappa shape index (κ3) is 7.85. The summed E-state index contributed by atoms with van der Waals surface area (Å²) in [5, 5.41) is 0. The molecule has 2 aliphatic rings. The van der Waals surface area contributed by atoms with Crippen LogP contribution in [-0.4, -0.2) is 6.04 Å². The molecule has 2 heteroatoms. The van der Waals surface area contributed by atoms with E-state index in [0.29, 0.717) is 0 Å². The van der Waals surface area contributed by atoms with E-state index in [0.717, 1.165) is 29.9 Å². The third-order valence-corrected chi connectivity index (χ3v) is 10.9. The predicted octanol–water partition coefficient (Wildman–Crippen LogP) is 14.9. The van der Waals surface area contributed by atoms with Crippen molar-refractivity contribution in [1.29, 1.82) is 0 Å². The van der Waals surface area contributed by atoms with Crippen LogP contribution < -0.4 is 9.80 Å². The Morgan fingerprint density at radius 3 is 1.67 bits per heavy atom. The van der Waals surface area contributed by atoms with Crippen LogP contribution in [0.15, 0.2) is 237 Å². The van der Waals surface area contributed by atoms with Gasteiger partial charge >= 0.3 is 0 Å². The zero-order valence-electron chi connectivity index (χ0n) is 31.9. The molecule has 1 unspecified atom stereocenters. The van der Waals surface area contributed by atoms with Crippen molar-refractivity contribution in [2.24, 2.45) is 0 Å². The molecule has 0 amide bonds. The quantitative estimate of drug-likeness (QED) is 0.138. The second-order valence-electron chi connectivity index (χ2n) is 14.5. The molecule has 0 heterocycles. The highest BCUT2D eigenvalue weighted by molar-refractivity contribution is 5.89. The minimum Gasteiger partial charge on any atom is -0.334 e. The van der Waals surface area contributed by atoms with Gasteiger partial charge in [-0.3, -0.25) is 0 Å². The van der Waals surface area contributed by atoms with Gasteiger partial charge in [-0.15, -0.1) is 0 Å². The number of allylic oxidation sites excluding steroid dienone is 8. The first-order valence-corrected chi connectivity index (χ1v) is 19.8. The molecule has 0 aromatic heterocycles. The molecule has 0 fully saturated rings. The summed E-state index contributed by atoms with van der Waals surface area (Å²) < 4.78 is 0. The average Bonchev–Trinajstić information content (AvgIpc) is 3.59. The number of nitrogens with zero attached hydrogens (tertiary/aromatic N) is 2. The fraction of sp³-hybridized carbons (Fsp3) is 0.0545. The van der Waals surface area contributed by atoms with Gasteiger partial charge in [-0.1, -0.05) is 182 Å². The van der Waals surface area contributed by atoms with E-state index in [1.807, 2.05) is 0 Å². The van der Waals surface area contributed by atoms with Gasteiger partial charge in [0.25, 0.3) is 0 Å². The Labute approximate surface area is 337 Å². The summed E-state index contributed by atoms with van der Waals surface area (Å²) in [6, 6.07) is 67.9. The van der Waals surface area contributed by atoms with E-state index in [1.54, 1.807) is 0 Å². The largest absolute Gasteiger partial charge is 0.334 e. The van der Waals surface area contributed by atoms with E-state index < -0.39 is 0 Å². The lowest BCUT2D eigenvalue weighted by molar-refractivity contribution is 0.787. The first-order valence-electron chi connectivity index (χ1n) is 19.8. The topological polar surface area (TPSA) is 6.48 Å². The molecule has 274 valence electrons. The Balaban J connectivity index is 0.972. The molecule has 0 aliphatic heterocycles. The van der Waals surface area contributed by atoms with Crippen LogP contribution in [0.1, 0.15) is 24.0 Å². The molecule has 0 bridgehead atoms. The summed E-state index contributed by atoms with van der Waals surface area (Å²) >= 11 is 0. The zero-order valence-corrected chi connectivity index (χ0v) is 31.9. The molecule has 57 heavy (non-hydrogen) atoms. The second kappa shape index (κ2) is 16.7. The monoisotopic (exact) mass is 732 g/mol. The molecule has 2 nitrogen and oxygen atoms in total. The molecule has 2 aliphatic carbocycles. The molecule has 0 saturated heterocycles. The van der Waals surface area contributed by atoms with E-state index >= 15 is 0 Å². The van der Waals surface area contributed by atoms with Crippen LogP contribution in [0, 0.1) is 0 Å². The number of para-hydroxylation sites is 3. The SMILES string of the molecule is C1=CC=C(c2ccc(N(c3ccccc3)C3C=CC(c4ccc(-c5ccccc5N(c5ccccc5)c5ccc(-c6ccccc6)cc5)cc4)=CC3)cc2)CC=C1. The van der Waals surface area contributed by atoms with Crippen molar-refractivity contribution >= 4 is 39.6 Å². The summed E-state index contributed by atoms with van der Waals surface area (Å²) in [6.07, 6.45) is 19.7. The molecule has 0 saturated carbocycles. The summed E-state index contributed by atoms with van der Waals surface area (Å²) in [4.78, 5) is 4.82. The summed E-state index contributed by atoms with van der Waals surface area (Å²) in [5.74, 6) is 0. The number of hydrogen-bond donors (Lipinski definition) is 0. The van der Waals surface area contributed by atoms with Crippen molar-refractivity contribution in [2.45, 2.75) is 18.9 Å². The maximum Gasteiger partial charge on any atom is 0.0560 e. The number of hydrogen-bond acceptors (Lipinski definition) is 2. The van der Waals surface area contributed by atoms with E-state index in [2.05, 4.69) is 246 Å². The van der Waals surface area contributed by atoms with Crippen LogP contribution in [0.25, 0.3) is 33.4 Å². The molecule has 1 atom stereocenters. The maximum absolute atomic E-state index is 2.46. The molecule has 7 aromatic carbocycles. The van der Waals surface area contributed by atoms with E-state index in [-0.39, 0.29) is 6.04 Å². The smallest absolute Gasteiger partial charge is 0.0560 e. The van der Waals surface area contributed by atoms with Gasteiger partial charge in [0.1, 0.15) is 0 Å². The Kier molecular flexibility index (Phi) is 10.4. The van der Waals surface area contributed by atoms with E-state index in [4.69, 9.17) is 0 Å². The van der Waals surface area contributed by atoms with Crippen molar-refractivity contribution in [2.75, 3.05) is 9.80 Å². The van der Waals surface area contributed by atoms with E-state index in [9.17, 15) is 0 Å². The van der Waals surface area contributed by atoms with Gasteiger partial charge in [-0.05, 0) is 106 Å². The van der Waals surface area contributed by atoms with Gasteiger partial charge in [-0.25, -0.2) is 0 Å². The van der Waals surface area contributed by atoms with Crippen molar-refractivity contribution in [3.8, 4) is 22.3 Å². The standard InChI is InChI=1S/C55H44N2/c1-2-7-17-42(16-6-1)45-30-36-51(37-31-45)56(49-20-10-4-11-21-49)52-38-32-47(33-39-52)44-26-28-48(29-27-44)54-24-14-15-25-55(54)57(50-22-12-5-13-23-50)53-40-34-46(35-41-53)43-18-8-3-9-19-43/h1-16,18-38,40-41,52H,17,39H2. The molecular weight excluding hydrogens is 689 g/mol. The highest BCUT2D eigenvalue weighted by Crippen LogP contribution is 2.42. The Hall–Kier alpha value is -7.16. The average molecular weight is 733 g/mol. The van der Waals surface area contributed by atoms with Crippen LogP contribution >= 0.6 is 0 Å². The van der Waals surface area contributed by atoms with E-state index in [1.165, 1.54) is 55.9 Å². The van der Waals surface area contributed by atoms with Crippen molar-refractivity contribution in [1.82, 2.24) is 0 Å². The minimum atomic E-state index is 0.196. The highest BCUT2D eigenvalue weighted by atomic mass is 15.2. The van der Waals surface area contributed by atoms with Crippen LogP contribution in [0.5, 0.6) is 0 Å². The van der Waals surface area contributed by atoms with Crippen LogP contribution in [0.2, 0.25) is 0 Å². The molecule has 0 N–H and O–H groups in total. The van der Waals surface area contributed by atoms with Gasteiger partial charge in [0.2, 0.25) is 0 Å². The molecule has 9 rings (SSSR count). The Morgan fingerprint density at radius 2 is 0.965 bits per heavy atom. The minimum absolute atomic E-state index is 0.196. The zero-order chi connectivity index (χ0) is 38.2. The molecule has 0 spiro atoms. The normalized spacial score (nSPS) is 14.7. The van der Waals surface area contributed by atoms with Gasteiger partial charge in [0, 0.05) is 28.3 Å². The van der Waals surface area contributed by atoms with Crippen LogP contribution in [-0.2, 0) is 0 Å². The molecular formula is C55H44N2. The highest BCUT2D eigenvalue weighted by Gasteiger charge is 2.22. The van der Waals surface area contributed by atoms with Crippen molar-refractivity contribution in [3.63, 3.8) is 0 Å². The lowest BCUT2D eigenvalue weighted by atomic mass is 9.93. The van der Waals surface area contributed by atoms with Gasteiger partial charge in [-0.2, -0.15) is 0 Å². The first kappa shape index (κ1) is 35.5. The van der Waals surface area contributed by atoms with Gasteiger partial charge in [0.05, 0.1) is 11.7 Å². The summed E-state index contributed by atoms with van der Waals surface area (Å²) in [7, 11) is 0. The van der Waals surface area contributed by atoms with Gasteiger partial charge in [0.15, 0.2) is 0 Å². The first-order chi connectivity index (χ1) is 28.3. The lowest BCUT2D eigenvalue weighted by Gasteiger charge is -2.33. The van der Waals surface area contributed by atoms with Gasteiger partial charge < -0.3 is 9.80 Å². The third-order valence-electron chi connectivity index (χ3n) is 10.9. The molecule has 7 aromatic rings. The van der Waals surface area contributed by atoms with Crippen molar-refractivity contribution < 1.29 is 0 Å². The molecule has 0 radical (unpaired) electrons. The van der Waals surface area contributed by atoms with Crippen LogP contribution in [0.3, 0.4) is 0 Å². The fourth-order valence-corrected chi connectivity index (χ4v) is 7.96. The Bertz CT molecular complexity index is 2580. The summed E-state index contributed by atoms with van der Waals surface area (Å²) in [6.45, 7) is 0. The lowest BCUT2D eigenvalue weighted by Crippen LogP contribution is -2.30. The second-order valence-corrected chi connectivity index (χ2v) is 14.5.